The van der Waals surface area contributed by atoms with E-state index in [0.29, 0.717) is 18.3 Å². The molecule has 2 N–H and O–H groups in total. The summed E-state index contributed by atoms with van der Waals surface area (Å²) < 4.78 is 6.81. The third-order valence-corrected chi connectivity index (χ3v) is 3.34. The number of benzene rings is 1. The quantitative estimate of drug-likeness (QED) is 0.426. The molecule has 0 unspecified atom stereocenters. The van der Waals surface area contributed by atoms with Crippen molar-refractivity contribution in [2.45, 2.75) is 19.5 Å². The smallest absolute Gasteiger partial charge is 0.187 e. The van der Waals surface area contributed by atoms with Gasteiger partial charge in [-0.05, 0) is 36.9 Å². The molecule has 25 heavy (non-hydrogen) atoms. The van der Waals surface area contributed by atoms with Crippen LogP contribution in [-0.2, 0) is 11.3 Å². The predicted molar refractivity (Wildman–Crippen MR) is 103 cm³/mol. The van der Waals surface area contributed by atoms with Crippen LogP contribution in [0.15, 0.2) is 47.7 Å². The molecule has 1 heterocycles. The van der Waals surface area contributed by atoms with Gasteiger partial charge in [0, 0.05) is 19.4 Å². The molecule has 0 fully saturated rings. The fourth-order valence-electron chi connectivity index (χ4n) is 2.07. The van der Waals surface area contributed by atoms with Crippen molar-refractivity contribution >= 4 is 29.6 Å². The number of hydrazone groups is 1. The Labute approximate surface area is 152 Å². The highest BCUT2D eigenvalue weighted by molar-refractivity contribution is 7.80. The molecule has 1 aromatic carbocycles. The molecule has 0 aliphatic carbocycles. The van der Waals surface area contributed by atoms with Crippen LogP contribution in [0, 0.1) is 0 Å². The zero-order valence-corrected chi connectivity index (χ0v) is 15.1. The lowest BCUT2D eigenvalue weighted by molar-refractivity contribution is 0.179. The number of aromatic nitrogens is 3. The maximum absolute atomic E-state index is 5.11. The van der Waals surface area contributed by atoms with E-state index < -0.39 is 0 Å². The number of ether oxygens (including phenoxy) is 1. The molecule has 8 heteroatoms. The number of allylic oxidation sites excluding steroid dienone is 1. The van der Waals surface area contributed by atoms with E-state index in [9.17, 15) is 0 Å². The summed E-state index contributed by atoms with van der Waals surface area (Å²) in [4.78, 5) is 0. The van der Waals surface area contributed by atoms with Crippen LogP contribution >= 0.6 is 12.2 Å². The number of hydrogen-bond acceptors (Lipinski definition) is 5. The zero-order valence-electron chi connectivity index (χ0n) is 14.3. The van der Waals surface area contributed by atoms with Crippen LogP contribution in [0.25, 0.3) is 6.08 Å². The molecular weight excluding hydrogens is 336 g/mol. The molecule has 0 radical (unpaired) electrons. The maximum Gasteiger partial charge on any atom is 0.187 e. The molecule has 1 atom stereocenters. The average Bonchev–Trinajstić information content (AvgIpc) is 3.03. The second-order valence-corrected chi connectivity index (χ2v) is 5.81. The van der Waals surface area contributed by atoms with Crippen molar-refractivity contribution in [1.29, 1.82) is 0 Å². The van der Waals surface area contributed by atoms with Gasteiger partial charge in [-0.25, -0.2) is 4.68 Å². The Kier molecular flexibility index (Phi) is 7.74. The van der Waals surface area contributed by atoms with Crippen molar-refractivity contribution in [2.75, 3.05) is 13.7 Å². The Balaban J connectivity index is 1.75. The average molecular weight is 358 g/mol. The molecule has 0 aliphatic heterocycles. The number of methoxy groups -OCH3 is 1. The summed E-state index contributed by atoms with van der Waals surface area (Å²) in [6.07, 6.45) is 7.07. The van der Waals surface area contributed by atoms with E-state index in [4.69, 9.17) is 17.0 Å². The Morgan fingerprint density at radius 2 is 2.20 bits per heavy atom. The van der Waals surface area contributed by atoms with E-state index in [-0.39, 0.29) is 6.04 Å². The molecule has 7 nitrogen and oxygen atoms in total. The monoisotopic (exact) mass is 358 g/mol. The maximum atomic E-state index is 5.11. The van der Waals surface area contributed by atoms with E-state index >= 15 is 0 Å². The second-order valence-electron chi connectivity index (χ2n) is 5.41. The first kappa shape index (κ1) is 18.8. The molecule has 132 valence electrons. The van der Waals surface area contributed by atoms with Gasteiger partial charge in [0.25, 0.3) is 0 Å². The largest absolute Gasteiger partial charge is 0.383 e. The van der Waals surface area contributed by atoms with Crippen molar-refractivity contribution in [3.05, 3.63) is 53.9 Å². The normalized spacial score (nSPS) is 12.6. The van der Waals surface area contributed by atoms with E-state index in [1.54, 1.807) is 24.1 Å². The molecule has 2 rings (SSSR count). The van der Waals surface area contributed by atoms with E-state index in [1.165, 1.54) is 5.56 Å². The molecule has 1 aromatic heterocycles. The van der Waals surface area contributed by atoms with E-state index in [1.807, 2.05) is 37.4 Å². The number of nitrogens with zero attached hydrogens (tertiary/aromatic N) is 4. The lowest BCUT2D eigenvalue weighted by Crippen LogP contribution is -2.40. The summed E-state index contributed by atoms with van der Waals surface area (Å²) in [5.41, 5.74) is 4.68. The van der Waals surface area contributed by atoms with E-state index in [0.717, 1.165) is 5.69 Å². The van der Waals surface area contributed by atoms with Gasteiger partial charge in [0.2, 0.25) is 0 Å². The van der Waals surface area contributed by atoms with Crippen LogP contribution in [0.2, 0.25) is 0 Å². The van der Waals surface area contributed by atoms with Gasteiger partial charge in [-0.3, -0.25) is 5.43 Å². The van der Waals surface area contributed by atoms with Crippen molar-refractivity contribution in [3.63, 3.8) is 0 Å². The first-order valence-electron chi connectivity index (χ1n) is 7.86. The topological polar surface area (TPSA) is 76.4 Å². The zero-order chi connectivity index (χ0) is 17.9. The van der Waals surface area contributed by atoms with Crippen LogP contribution in [0.4, 0.5) is 0 Å². The first-order valence-corrected chi connectivity index (χ1v) is 8.27. The van der Waals surface area contributed by atoms with Crippen LogP contribution < -0.4 is 10.7 Å². The SMILES string of the molecule is COC[C@H](C)NC(=S)N/N=C\C=C\c1cn(Cc2ccccc2)nn1. The van der Waals surface area contributed by atoms with Gasteiger partial charge in [0.05, 0.1) is 19.3 Å². The van der Waals surface area contributed by atoms with Crippen molar-refractivity contribution in [2.24, 2.45) is 5.10 Å². The summed E-state index contributed by atoms with van der Waals surface area (Å²) in [7, 11) is 1.65. The minimum Gasteiger partial charge on any atom is -0.383 e. The standard InChI is InChI=1S/C17H22N6OS/c1-14(13-24-2)19-17(25)21-18-10-6-9-16-12-23(22-20-16)11-15-7-4-3-5-8-15/h3-10,12,14H,11,13H2,1-2H3,(H2,19,21,25)/b9-6+,18-10-/t14-/m0/s1. The van der Waals surface area contributed by atoms with Gasteiger partial charge in [-0.2, -0.15) is 5.10 Å². The third kappa shape index (κ3) is 7.23. The molecule has 0 spiro atoms. The lowest BCUT2D eigenvalue weighted by atomic mass is 10.2. The molecule has 2 aromatic rings. The molecule has 0 bridgehead atoms. The molecular formula is C17H22N6OS. The summed E-state index contributed by atoms with van der Waals surface area (Å²) >= 11 is 5.11. The Morgan fingerprint density at radius 1 is 1.40 bits per heavy atom. The molecule has 0 amide bonds. The lowest BCUT2D eigenvalue weighted by Gasteiger charge is -2.13. The summed E-state index contributed by atoms with van der Waals surface area (Å²) in [6, 6.07) is 10.2. The minimum atomic E-state index is 0.121. The van der Waals surface area contributed by atoms with Crippen LogP contribution in [0.3, 0.4) is 0 Å². The summed E-state index contributed by atoms with van der Waals surface area (Å²) in [5.74, 6) is 0. The highest BCUT2D eigenvalue weighted by Gasteiger charge is 2.01. The molecule has 0 saturated carbocycles. The Bertz CT molecular complexity index is 713. The number of rotatable bonds is 8. The van der Waals surface area contributed by atoms with Gasteiger partial charge < -0.3 is 10.1 Å². The van der Waals surface area contributed by atoms with Gasteiger partial charge >= 0.3 is 0 Å². The second kappa shape index (κ2) is 10.3. The minimum absolute atomic E-state index is 0.121. The fourth-order valence-corrected chi connectivity index (χ4v) is 2.32. The Hall–Kier alpha value is -2.58. The van der Waals surface area contributed by atoms with Crippen LogP contribution in [0.1, 0.15) is 18.2 Å². The van der Waals surface area contributed by atoms with Gasteiger partial charge in [0.1, 0.15) is 5.69 Å². The van der Waals surface area contributed by atoms with E-state index in [2.05, 4.69) is 38.3 Å². The highest BCUT2D eigenvalue weighted by Crippen LogP contribution is 2.02. The highest BCUT2D eigenvalue weighted by atomic mass is 32.1. The molecule has 0 saturated heterocycles. The number of thiocarbonyl (C=S) groups is 1. The van der Waals surface area contributed by atoms with Gasteiger partial charge in [-0.1, -0.05) is 35.5 Å². The van der Waals surface area contributed by atoms with Crippen molar-refractivity contribution in [3.8, 4) is 0 Å². The number of hydrogen-bond donors (Lipinski definition) is 2. The van der Waals surface area contributed by atoms with Crippen LogP contribution in [0.5, 0.6) is 0 Å². The predicted octanol–water partition coefficient (Wildman–Crippen LogP) is 1.82. The van der Waals surface area contributed by atoms with Gasteiger partial charge in [0.15, 0.2) is 5.11 Å². The summed E-state index contributed by atoms with van der Waals surface area (Å²) in [6.45, 7) is 3.24. The first-order chi connectivity index (χ1) is 12.2. The Morgan fingerprint density at radius 3 is 2.96 bits per heavy atom. The van der Waals surface area contributed by atoms with Crippen LogP contribution in [-0.4, -0.2) is 46.1 Å². The third-order valence-electron chi connectivity index (χ3n) is 3.13. The fraction of sp³-hybridized carbons (Fsp3) is 0.294. The van der Waals surface area contributed by atoms with Crippen molar-refractivity contribution < 1.29 is 4.74 Å². The van der Waals surface area contributed by atoms with Gasteiger partial charge in [-0.15, -0.1) is 5.10 Å². The number of nitrogens with one attached hydrogen (secondary N) is 2. The van der Waals surface area contributed by atoms with Crippen molar-refractivity contribution in [1.82, 2.24) is 25.7 Å². The summed E-state index contributed by atoms with van der Waals surface area (Å²) in [5, 5.41) is 15.7. The molecule has 0 aliphatic rings.